The van der Waals surface area contributed by atoms with Gasteiger partial charge in [0.1, 0.15) is 0 Å². The Morgan fingerprint density at radius 2 is 2.25 bits per heavy atom. The molecule has 0 amide bonds. The highest BCUT2D eigenvalue weighted by Crippen LogP contribution is 2.29. The fraction of sp³-hybridized carbons (Fsp3) is 1.00. The Kier molecular flexibility index (Phi) is 3.78. The summed E-state index contributed by atoms with van der Waals surface area (Å²) in [7, 11) is 1.21. The molecule has 12 heavy (non-hydrogen) atoms. The lowest BCUT2D eigenvalue weighted by Gasteiger charge is -2.36. The maximum absolute atomic E-state index is 5.90. The zero-order chi connectivity index (χ0) is 9.03. The van der Waals surface area contributed by atoms with E-state index in [9.17, 15) is 0 Å². The molecule has 1 nitrogen and oxygen atoms in total. The fourth-order valence-electron chi connectivity index (χ4n) is 2.03. The van der Waals surface area contributed by atoms with Gasteiger partial charge in [-0.15, -0.1) is 0 Å². The van der Waals surface area contributed by atoms with Gasteiger partial charge in [-0.2, -0.15) is 0 Å². The van der Waals surface area contributed by atoms with E-state index in [1.807, 2.05) is 0 Å². The first-order valence-electron chi connectivity index (χ1n) is 5.30. The van der Waals surface area contributed by atoms with Crippen LogP contribution in [0.15, 0.2) is 0 Å². The van der Waals surface area contributed by atoms with Crippen LogP contribution in [-0.4, -0.2) is 22.1 Å². The van der Waals surface area contributed by atoms with E-state index in [1.54, 1.807) is 0 Å². The molecule has 0 aromatic rings. The molecule has 2 unspecified atom stereocenters. The quantitative estimate of drug-likeness (QED) is 0.610. The predicted octanol–water partition coefficient (Wildman–Crippen LogP) is 1.68. The van der Waals surface area contributed by atoms with Crippen LogP contribution in [0.5, 0.6) is 0 Å². The van der Waals surface area contributed by atoms with Crippen molar-refractivity contribution in [1.82, 2.24) is 0 Å². The van der Waals surface area contributed by atoms with Crippen LogP contribution in [0.4, 0.5) is 0 Å². The van der Waals surface area contributed by atoms with E-state index in [0.717, 1.165) is 12.5 Å². The van der Waals surface area contributed by atoms with Crippen molar-refractivity contribution in [2.75, 3.05) is 6.61 Å². The molecule has 1 aliphatic heterocycles. The second kappa shape index (κ2) is 4.42. The summed E-state index contributed by atoms with van der Waals surface area (Å²) < 4.78 is 5.90. The lowest BCUT2D eigenvalue weighted by atomic mass is 9.95. The van der Waals surface area contributed by atoms with Gasteiger partial charge in [0.25, 0.3) is 0 Å². The molecule has 0 aromatic carbocycles. The molecular formula is C10H22OSi. The van der Waals surface area contributed by atoms with Crippen LogP contribution in [0, 0.1) is 5.92 Å². The molecule has 1 rings (SSSR count). The van der Waals surface area contributed by atoms with Crippen molar-refractivity contribution in [3.63, 3.8) is 0 Å². The van der Waals surface area contributed by atoms with E-state index in [4.69, 9.17) is 4.74 Å². The van der Waals surface area contributed by atoms with E-state index in [2.05, 4.69) is 13.8 Å². The highest BCUT2D eigenvalue weighted by Gasteiger charge is 2.28. The van der Waals surface area contributed by atoms with Crippen LogP contribution in [0.3, 0.4) is 0 Å². The first kappa shape index (κ1) is 10.3. The molecule has 72 valence electrons. The number of rotatable bonds is 3. The molecule has 0 aliphatic carbocycles. The Labute approximate surface area is 79.3 Å². The Bertz CT molecular complexity index is 130. The first-order valence-corrected chi connectivity index (χ1v) is 6.30. The molecule has 1 aliphatic rings. The van der Waals surface area contributed by atoms with Gasteiger partial charge in [-0.1, -0.05) is 20.3 Å². The monoisotopic (exact) mass is 186 g/mol. The largest absolute Gasteiger partial charge is 0.380 e. The van der Waals surface area contributed by atoms with Gasteiger partial charge < -0.3 is 4.74 Å². The van der Waals surface area contributed by atoms with E-state index < -0.39 is 0 Å². The minimum Gasteiger partial charge on any atom is -0.380 e. The molecular weight excluding hydrogens is 164 g/mol. The summed E-state index contributed by atoms with van der Waals surface area (Å²) in [6.07, 6.45) is 6.59. The summed E-state index contributed by atoms with van der Waals surface area (Å²) in [5, 5.41) is 0.341. The van der Waals surface area contributed by atoms with Crippen molar-refractivity contribution in [3.8, 4) is 0 Å². The SMILES string of the molecule is CCC(C)CC1([SiH3])CCCCO1. The van der Waals surface area contributed by atoms with Gasteiger partial charge >= 0.3 is 0 Å². The van der Waals surface area contributed by atoms with Crippen LogP contribution in [0.25, 0.3) is 0 Å². The number of hydrogen-bond donors (Lipinski definition) is 0. The van der Waals surface area contributed by atoms with Gasteiger partial charge in [0.15, 0.2) is 0 Å². The minimum absolute atomic E-state index is 0.341. The summed E-state index contributed by atoms with van der Waals surface area (Å²) in [5.74, 6) is 0.848. The zero-order valence-electron chi connectivity index (χ0n) is 8.73. The van der Waals surface area contributed by atoms with Crippen molar-refractivity contribution in [3.05, 3.63) is 0 Å². The summed E-state index contributed by atoms with van der Waals surface area (Å²) in [6.45, 7) is 5.63. The first-order chi connectivity index (χ1) is 5.66. The second-order valence-electron chi connectivity index (χ2n) is 4.47. The predicted molar refractivity (Wildman–Crippen MR) is 56.5 cm³/mol. The van der Waals surface area contributed by atoms with Crippen molar-refractivity contribution < 1.29 is 4.74 Å². The molecule has 1 heterocycles. The molecule has 0 N–H and O–H groups in total. The Morgan fingerprint density at radius 3 is 2.75 bits per heavy atom. The molecule has 0 spiro atoms. The van der Waals surface area contributed by atoms with Crippen LogP contribution in [0.2, 0.25) is 0 Å². The van der Waals surface area contributed by atoms with Gasteiger partial charge in [0, 0.05) is 22.1 Å². The highest BCUT2D eigenvalue weighted by atomic mass is 28.1. The maximum atomic E-state index is 5.90. The average Bonchev–Trinajstić information content (AvgIpc) is 2.05. The van der Waals surface area contributed by atoms with E-state index in [0.29, 0.717) is 5.22 Å². The summed E-state index contributed by atoms with van der Waals surface area (Å²) in [4.78, 5) is 0. The molecule has 0 aromatic heterocycles. The fourth-order valence-corrected chi connectivity index (χ4v) is 3.29. The van der Waals surface area contributed by atoms with Crippen LogP contribution < -0.4 is 0 Å². The van der Waals surface area contributed by atoms with E-state index in [1.165, 1.54) is 42.3 Å². The number of ether oxygens (including phenoxy) is 1. The Morgan fingerprint density at radius 1 is 1.50 bits per heavy atom. The van der Waals surface area contributed by atoms with Crippen molar-refractivity contribution in [1.29, 1.82) is 0 Å². The molecule has 0 bridgehead atoms. The van der Waals surface area contributed by atoms with E-state index in [-0.39, 0.29) is 0 Å². The van der Waals surface area contributed by atoms with Gasteiger partial charge in [0.2, 0.25) is 0 Å². The summed E-state index contributed by atoms with van der Waals surface area (Å²) in [5.41, 5.74) is 0. The third kappa shape index (κ3) is 2.90. The third-order valence-corrected chi connectivity index (χ3v) is 4.22. The molecule has 1 saturated heterocycles. The topological polar surface area (TPSA) is 9.23 Å². The summed E-state index contributed by atoms with van der Waals surface area (Å²) in [6, 6.07) is 0. The van der Waals surface area contributed by atoms with Gasteiger partial charge in [-0.05, 0) is 31.6 Å². The van der Waals surface area contributed by atoms with Crippen molar-refractivity contribution in [2.24, 2.45) is 5.92 Å². The Balaban J connectivity index is 2.35. The molecule has 0 radical (unpaired) electrons. The average molecular weight is 186 g/mol. The maximum Gasteiger partial charge on any atom is 0.0488 e. The smallest absolute Gasteiger partial charge is 0.0488 e. The minimum atomic E-state index is 0.341. The summed E-state index contributed by atoms with van der Waals surface area (Å²) >= 11 is 0. The van der Waals surface area contributed by atoms with Crippen molar-refractivity contribution in [2.45, 2.75) is 51.2 Å². The molecule has 2 heteroatoms. The Hall–Kier alpha value is 0.177. The van der Waals surface area contributed by atoms with Crippen molar-refractivity contribution >= 4 is 10.2 Å². The van der Waals surface area contributed by atoms with Crippen LogP contribution in [0.1, 0.15) is 46.0 Å². The molecule has 1 fully saturated rings. The normalized spacial score (nSPS) is 33.5. The lowest BCUT2D eigenvalue weighted by molar-refractivity contribution is -0.0310. The van der Waals surface area contributed by atoms with Gasteiger partial charge in [-0.25, -0.2) is 0 Å². The highest BCUT2D eigenvalue weighted by molar-refractivity contribution is 6.14. The second-order valence-corrected chi connectivity index (χ2v) is 6.30. The van der Waals surface area contributed by atoms with Crippen LogP contribution >= 0.6 is 0 Å². The lowest BCUT2D eigenvalue weighted by Crippen LogP contribution is -2.38. The molecule has 0 saturated carbocycles. The molecule has 2 atom stereocenters. The van der Waals surface area contributed by atoms with E-state index >= 15 is 0 Å². The third-order valence-electron chi connectivity index (χ3n) is 3.03. The zero-order valence-corrected chi connectivity index (χ0v) is 10.7. The number of hydrogen-bond acceptors (Lipinski definition) is 1. The van der Waals surface area contributed by atoms with Crippen LogP contribution in [-0.2, 0) is 4.74 Å². The van der Waals surface area contributed by atoms with Gasteiger partial charge in [0.05, 0.1) is 0 Å². The van der Waals surface area contributed by atoms with Gasteiger partial charge in [-0.3, -0.25) is 0 Å². The standard InChI is InChI=1S/C10H22OSi/c1-3-9(2)8-10(12)6-4-5-7-11-10/h9H,3-8H2,1-2,12H3.